The normalized spacial score (nSPS) is 11.6. The van der Waals surface area contributed by atoms with Crippen LogP contribution in [0.25, 0.3) is 0 Å². The number of hydrogen-bond donors (Lipinski definition) is 2. The average molecular weight is 315 g/mol. The van der Waals surface area contributed by atoms with Crippen LogP contribution in [0.15, 0.2) is 10.7 Å². The zero-order valence-corrected chi connectivity index (χ0v) is 10.2. The van der Waals surface area contributed by atoms with Crippen molar-refractivity contribution in [3.05, 3.63) is 10.7 Å². The van der Waals surface area contributed by atoms with Crippen LogP contribution >= 0.6 is 15.9 Å². The van der Waals surface area contributed by atoms with Crippen LogP contribution in [-0.2, 0) is 0 Å². The molecule has 1 aromatic rings. The summed E-state index contributed by atoms with van der Waals surface area (Å²) in [5.41, 5.74) is 5.41. The first kappa shape index (κ1) is 14.0. The predicted molar refractivity (Wildman–Crippen MR) is 59.5 cm³/mol. The second-order valence-corrected chi connectivity index (χ2v) is 3.99. The summed E-state index contributed by atoms with van der Waals surface area (Å²) >= 11 is 3.01. The molecular formula is C8H10BrF3N4O. The highest BCUT2D eigenvalue weighted by atomic mass is 79.9. The molecule has 0 saturated carbocycles. The smallest absolute Gasteiger partial charge is 0.395 e. The molecule has 0 bridgehead atoms. The van der Waals surface area contributed by atoms with Crippen molar-refractivity contribution in [3.8, 4) is 0 Å². The fourth-order valence-electron chi connectivity index (χ4n) is 1.15. The van der Waals surface area contributed by atoms with Gasteiger partial charge >= 0.3 is 6.18 Å². The van der Waals surface area contributed by atoms with E-state index in [1.165, 1.54) is 6.07 Å². The molecule has 0 aromatic carbocycles. The van der Waals surface area contributed by atoms with Crippen molar-refractivity contribution in [1.29, 1.82) is 0 Å². The maximum atomic E-state index is 12.3. The third kappa shape index (κ3) is 4.73. The summed E-state index contributed by atoms with van der Waals surface area (Å²) in [5, 5.41) is 8.73. The highest BCUT2D eigenvalue weighted by Crippen LogP contribution is 2.21. The van der Waals surface area contributed by atoms with Gasteiger partial charge in [-0.3, -0.25) is 0 Å². The number of nitrogens with two attached hydrogens (primary N) is 1. The molecule has 0 aliphatic carbocycles. The van der Waals surface area contributed by atoms with Crippen LogP contribution in [0.3, 0.4) is 0 Å². The summed E-state index contributed by atoms with van der Waals surface area (Å²) in [6.45, 7) is -1.91. The van der Waals surface area contributed by atoms with Gasteiger partial charge in [-0.25, -0.2) is 4.98 Å². The Bertz CT molecular complexity index is 367. The fraction of sp³-hybridized carbons (Fsp3) is 0.500. The third-order valence-electron chi connectivity index (χ3n) is 1.73. The van der Waals surface area contributed by atoms with Crippen LogP contribution in [0.4, 0.5) is 24.9 Å². The first-order valence-corrected chi connectivity index (χ1v) is 5.34. The second kappa shape index (κ2) is 5.50. The van der Waals surface area contributed by atoms with Gasteiger partial charge in [0.1, 0.15) is 17.0 Å². The molecule has 1 aromatic heterocycles. The quantitative estimate of drug-likeness (QED) is 0.816. The van der Waals surface area contributed by atoms with E-state index in [9.17, 15) is 13.2 Å². The van der Waals surface area contributed by atoms with Gasteiger partial charge in [-0.15, -0.1) is 0 Å². The SMILES string of the molecule is Nc1cc(Br)nc(N(CCO)CC(F)(F)F)n1. The maximum Gasteiger partial charge on any atom is 0.406 e. The van der Waals surface area contributed by atoms with Crippen molar-refractivity contribution in [2.24, 2.45) is 0 Å². The van der Waals surface area contributed by atoms with E-state index < -0.39 is 19.3 Å². The zero-order valence-electron chi connectivity index (χ0n) is 8.58. The van der Waals surface area contributed by atoms with Gasteiger partial charge in [-0.05, 0) is 15.9 Å². The Morgan fingerprint density at radius 1 is 1.41 bits per heavy atom. The number of aliphatic hydroxyl groups excluding tert-OH is 1. The molecule has 0 aliphatic rings. The second-order valence-electron chi connectivity index (χ2n) is 3.18. The number of anilines is 2. The highest BCUT2D eigenvalue weighted by molar-refractivity contribution is 9.10. The van der Waals surface area contributed by atoms with Crippen molar-refractivity contribution < 1.29 is 18.3 Å². The molecule has 0 unspecified atom stereocenters. The van der Waals surface area contributed by atoms with E-state index in [4.69, 9.17) is 10.8 Å². The number of aromatic nitrogens is 2. The Kier molecular flexibility index (Phi) is 4.52. The standard InChI is InChI=1S/C8H10BrF3N4O/c9-5-3-6(13)15-7(14-5)16(1-2-17)4-8(10,11)12/h3,17H,1-2,4H2,(H2,13,14,15). The highest BCUT2D eigenvalue weighted by Gasteiger charge is 2.31. The summed E-state index contributed by atoms with van der Waals surface area (Å²) in [4.78, 5) is 8.27. The number of alkyl halides is 3. The lowest BCUT2D eigenvalue weighted by molar-refractivity contribution is -0.120. The zero-order chi connectivity index (χ0) is 13.1. The van der Waals surface area contributed by atoms with E-state index in [0.717, 1.165) is 4.90 Å². The lowest BCUT2D eigenvalue weighted by Gasteiger charge is -2.23. The Hall–Kier alpha value is -1.09. The molecule has 0 saturated heterocycles. The van der Waals surface area contributed by atoms with Gasteiger partial charge in [0, 0.05) is 12.6 Å². The first-order chi connectivity index (χ1) is 7.81. The minimum Gasteiger partial charge on any atom is -0.395 e. The van der Waals surface area contributed by atoms with E-state index in [0.29, 0.717) is 0 Å². The van der Waals surface area contributed by atoms with Crippen molar-refractivity contribution >= 4 is 27.7 Å². The maximum absolute atomic E-state index is 12.3. The van der Waals surface area contributed by atoms with E-state index in [1.54, 1.807) is 0 Å². The lowest BCUT2D eigenvalue weighted by Crippen LogP contribution is -2.37. The Morgan fingerprint density at radius 3 is 2.53 bits per heavy atom. The molecule has 96 valence electrons. The van der Waals surface area contributed by atoms with E-state index >= 15 is 0 Å². The topological polar surface area (TPSA) is 75.3 Å². The molecule has 0 spiro atoms. The number of hydrogen-bond acceptors (Lipinski definition) is 5. The Morgan fingerprint density at radius 2 is 2.06 bits per heavy atom. The molecule has 0 radical (unpaired) electrons. The van der Waals surface area contributed by atoms with Crippen molar-refractivity contribution in [1.82, 2.24) is 9.97 Å². The third-order valence-corrected chi connectivity index (χ3v) is 2.13. The van der Waals surface area contributed by atoms with Gasteiger partial charge in [-0.2, -0.15) is 18.2 Å². The molecule has 5 nitrogen and oxygen atoms in total. The average Bonchev–Trinajstić information content (AvgIpc) is 2.13. The number of aliphatic hydroxyl groups is 1. The van der Waals surface area contributed by atoms with Crippen LogP contribution in [0, 0.1) is 0 Å². The largest absolute Gasteiger partial charge is 0.406 e. The Balaban J connectivity index is 2.96. The number of nitrogens with zero attached hydrogens (tertiary/aromatic N) is 3. The molecule has 0 atom stereocenters. The minimum absolute atomic E-state index is 0.0481. The molecule has 1 heterocycles. The molecular weight excluding hydrogens is 305 g/mol. The van der Waals surface area contributed by atoms with Gasteiger partial charge in [0.05, 0.1) is 6.61 Å². The van der Waals surface area contributed by atoms with Gasteiger partial charge in [-0.1, -0.05) is 0 Å². The molecule has 0 fully saturated rings. The van der Waals surface area contributed by atoms with Crippen LogP contribution in [0.5, 0.6) is 0 Å². The van der Waals surface area contributed by atoms with Gasteiger partial charge < -0.3 is 15.7 Å². The van der Waals surface area contributed by atoms with Gasteiger partial charge in [0.25, 0.3) is 0 Å². The van der Waals surface area contributed by atoms with Crippen LogP contribution in [0.2, 0.25) is 0 Å². The first-order valence-electron chi connectivity index (χ1n) is 4.54. The molecule has 0 aliphatic heterocycles. The number of halogens is 4. The minimum atomic E-state index is -4.41. The molecule has 9 heteroatoms. The van der Waals surface area contributed by atoms with E-state index in [2.05, 4.69) is 25.9 Å². The lowest BCUT2D eigenvalue weighted by atomic mass is 10.4. The fourth-order valence-corrected chi connectivity index (χ4v) is 1.54. The van der Waals surface area contributed by atoms with Crippen LogP contribution < -0.4 is 10.6 Å². The molecule has 0 amide bonds. The number of rotatable bonds is 4. The van der Waals surface area contributed by atoms with Gasteiger partial charge in [0.15, 0.2) is 0 Å². The summed E-state index contributed by atoms with van der Waals surface area (Å²) in [6, 6.07) is 1.37. The monoisotopic (exact) mass is 314 g/mol. The molecule has 1 rings (SSSR count). The van der Waals surface area contributed by atoms with E-state index in [-0.39, 0.29) is 22.9 Å². The summed E-state index contributed by atoms with van der Waals surface area (Å²) in [7, 11) is 0. The summed E-state index contributed by atoms with van der Waals surface area (Å²) in [5.74, 6) is -0.129. The van der Waals surface area contributed by atoms with Crippen molar-refractivity contribution in [2.45, 2.75) is 6.18 Å². The van der Waals surface area contributed by atoms with Crippen molar-refractivity contribution in [3.63, 3.8) is 0 Å². The summed E-state index contributed by atoms with van der Waals surface area (Å²) < 4.78 is 37.2. The van der Waals surface area contributed by atoms with Gasteiger partial charge in [0.2, 0.25) is 5.95 Å². The Labute approximate surface area is 104 Å². The van der Waals surface area contributed by atoms with E-state index in [1.807, 2.05) is 0 Å². The molecule has 17 heavy (non-hydrogen) atoms. The van der Waals surface area contributed by atoms with Crippen LogP contribution in [-0.4, -0.2) is 40.9 Å². The molecule has 3 N–H and O–H groups in total. The number of nitrogen functional groups attached to an aromatic ring is 1. The van der Waals surface area contributed by atoms with Crippen LogP contribution in [0.1, 0.15) is 0 Å². The summed E-state index contributed by atoms with van der Waals surface area (Å²) in [6.07, 6.45) is -4.41. The van der Waals surface area contributed by atoms with Crippen molar-refractivity contribution in [2.75, 3.05) is 30.3 Å². The predicted octanol–water partition coefficient (Wildman–Crippen LogP) is 1.18.